The van der Waals surface area contributed by atoms with E-state index >= 15 is 0 Å². The summed E-state index contributed by atoms with van der Waals surface area (Å²) in [5, 5.41) is 3.31. The van der Waals surface area contributed by atoms with Gasteiger partial charge in [-0.15, -0.1) is 0 Å². The third kappa shape index (κ3) is 4.43. The van der Waals surface area contributed by atoms with Gasteiger partial charge in [0.1, 0.15) is 0 Å². The molecule has 0 aromatic carbocycles. The Morgan fingerprint density at radius 2 is 1.95 bits per heavy atom. The van der Waals surface area contributed by atoms with Crippen LogP contribution in [0.2, 0.25) is 0 Å². The molecular weight excluding hydrogens is 272 g/mol. The van der Waals surface area contributed by atoms with Gasteiger partial charge in [-0.2, -0.15) is 0 Å². The van der Waals surface area contributed by atoms with E-state index in [-0.39, 0.29) is 0 Å². The molecule has 0 saturated carbocycles. The molecule has 2 atom stereocenters. The van der Waals surface area contributed by atoms with E-state index in [9.17, 15) is 8.42 Å². The first-order valence-corrected chi connectivity index (χ1v) is 9.78. The van der Waals surface area contributed by atoms with Gasteiger partial charge in [0, 0.05) is 13.1 Å². The maximum atomic E-state index is 12.6. The van der Waals surface area contributed by atoms with E-state index in [4.69, 9.17) is 0 Å². The van der Waals surface area contributed by atoms with Crippen LogP contribution in [0.1, 0.15) is 46.0 Å². The Bertz CT molecular complexity index is 389. The van der Waals surface area contributed by atoms with Crippen molar-refractivity contribution in [2.75, 3.05) is 31.9 Å². The van der Waals surface area contributed by atoms with Crippen molar-refractivity contribution in [1.29, 1.82) is 0 Å². The van der Waals surface area contributed by atoms with Crippen molar-refractivity contribution in [1.82, 2.24) is 9.62 Å². The second kappa shape index (κ2) is 7.23. The Morgan fingerprint density at radius 3 is 2.60 bits per heavy atom. The van der Waals surface area contributed by atoms with Crippen molar-refractivity contribution in [3.8, 4) is 0 Å². The summed E-state index contributed by atoms with van der Waals surface area (Å²) < 4.78 is 26.9. The minimum Gasteiger partial charge on any atom is -0.316 e. The average Bonchev–Trinajstić information content (AvgIpc) is 2.65. The summed E-state index contributed by atoms with van der Waals surface area (Å²) in [7, 11) is -3.06. The molecule has 118 valence electrons. The Labute approximate surface area is 124 Å². The SMILES string of the molecule is CC(C)C1CCCN(S(=O)(=O)CC2CCCNC2)CC1. The van der Waals surface area contributed by atoms with E-state index in [1.54, 1.807) is 4.31 Å². The smallest absolute Gasteiger partial charge is 0.214 e. The van der Waals surface area contributed by atoms with Crippen LogP contribution in [0.25, 0.3) is 0 Å². The molecule has 20 heavy (non-hydrogen) atoms. The van der Waals surface area contributed by atoms with Crippen LogP contribution < -0.4 is 5.32 Å². The molecular formula is C15H30N2O2S. The van der Waals surface area contributed by atoms with Gasteiger partial charge in [-0.05, 0) is 62.9 Å². The molecule has 2 fully saturated rings. The molecule has 0 spiro atoms. The van der Waals surface area contributed by atoms with Crippen LogP contribution in [0.3, 0.4) is 0 Å². The highest BCUT2D eigenvalue weighted by Crippen LogP contribution is 2.26. The van der Waals surface area contributed by atoms with Gasteiger partial charge in [0.2, 0.25) is 10.0 Å². The van der Waals surface area contributed by atoms with E-state index in [0.29, 0.717) is 23.5 Å². The third-order valence-electron chi connectivity index (χ3n) is 4.91. The molecule has 0 aliphatic carbocycles. The zero-order valence-corrected chi connectivity index (χ0v) is 13.8. The molecule has 2 aliphatic heterocycles. The van der Waals surface area contributed by atoms with Crippen molar-refractivity contribution in [2.45, 2.75) is 46.0 Å². The number of nitrogens with one attached hydrogen (secondary N) is 1. The van der Waals surface area contributed by atoms with Crippen LogP contribution >= 0.6 is 0 Å². The van der Waals surface area contributed by atoms with Gasteiger partial charge in [0.25, 0.3) is 0 Å². The van der Waals surface area contributed by atoms with Gasteiger partial charge in [-0.1, -0.05) is 13.8 Å². The first-order chi connectivity index (χ1) is 9.49. The van der Waals surface area contributed by atoms with E-state index in [1.165, 1.54) is 6.42 Å². The molecule has 5 heteroatoms. The highest BCUT2D eigenvalue weighted by atomic mass is 32.2. The molecule has 2 aliphatic rings. The minimum absolute atomic E-state index is 0.304. The quantitative estimate of drug-likeness (QED) is 0.865. The van der Waals surface area contributed by atoms with Crippen LogP contribution in [-0.2, 0) is 10.0 Å². The lowest BCUT2D eigenvalue weighted by Gasteiger charge is -2.26. The molecule has 0 aromatic rings. The second-order valence-electron chi connectivity index (χ2n) is 6.82. The summed E-state index contributed by atoms with van der Waals surface area (Å²) in [6.07, 6.45) is 5.38. The molecule has 4 nitrogen and oxygen atoms in total. The van der Waals surface area contributed by atoms with Gasteiger partial charge in [-0.25, -0.2) is 12.7 Å². The first kappa shape index (κ1) is 16.2. The summed E-state index contributed by atoms with van der Waals surface area (Å²) in [5.41, 5.74) is 0. The van der Waals surface area contributed by atoms with Crippen molar-refractivity contribution in [2.24, 2.45) is 17.8 Å². The number of rotatable bonds is 4. The van der Waals surface area contributed by atoms with Crippen LogP contribution in [-0.4, -0.2) is 44.7 Å². The van der Waals surface area contributed by atoms with Gasteiger partial charge in [0.15, 0.2) is 0 Å². The Balaban J connectivity index is 1.91. The fourth-order valence-corrected chi connectivity index (χ4v) is 5.39. The van der Waals surface area contributed by atoms with Crippen molar-refractivity contribution < 1.29 is 8.42 Å². The monoisotopic (exact) mass is 302 g/mol. The van der Waals surface area contributed by atoms with Crippen LogP contribution in [0.15, 0.2) is 0 Å². The van der Waals surface area contributed by atoms with Crippen molar-refractivity contribution in [3.63, 3.8) is 0 Å². The normalized spacial score (nSPS) is 30.4. The lowest BCUT2D eigenvalue weighted by Crippen LogP contribution is -2.40. The third-order valence-corrected chi connectivity index (χ3v) is 6.96. The summed E-state index contributed by atoms with van der Waals surface area (Å²) in [6, 6.07) is 0. The molecule has 0 amide bonds. The van der Waals surface area contributed by atoms with E-state index < -0.39 is 10.0 Å². The molecule has 2 rings (SSSR count). The maximum Gasteiger partial charge on any atom is 0.214 e. The average molecular weight is 302 g/mol. The number of sulfonamides is 1. The van der Waals surface area contributed by atoms with Crippen LogP contribution in [0.5, 0.6) is 0 Å². The summed E-state index contributed by atoms with van der Waals surface area (Å²) in [4.78, 5) is 0. The lowest BCUT2D eigenvalue weighted by molar-refractivity contribution is 0.339. The van der Waals surface area contributed by atoms with Gasteiger partial charge >= 0.3 is 0 Å². The predicted octanol–water partition coefficient (Wildman–Crippen LogP) is 2.07. The fourth-order valence-electron chi connectivity index (χ4n) is 3.51. The van der Waals surface area contributed by atoms with Crippen LogP contribution in [0, 0.1) is 17.8 Å². The highest BCUT2D eigenvalue weighted by molar-refractivity contribution is 7.89. The molecule has 0 bridgehead atoms. The Morgan fingerprint density at radius 1 is 1.15 bits per heavy atom. The highest BCUT2D eigenvalue weighted by Gasteiger charge is 2.29. The number of piperidine rings is 1. The standard InChI is InChI=1S/C15H30N2O2S/c1-13(2)15-6-4-9-17(10-7-15)20(18,19)12-14-5-3-8-16-11-14/h13-16H,3-12H2,1-2H3. The predicted molar refractivity (Wildman–Crippen MR) is 83.1 cm³/mol. The molecule has 2 saturated heterocycles. The molecule has 2 heterocycles. The minimum atomic E-state index is -3.06. The van der Waals surface area contributed by atoms with Gasteiger partial charge in [0.05, 0.1) is 5.75 Å². The molecule has 0 aromatic heterocycles. The van der Waals surface area contributed by atoms with Crippen LogP contribution in [0.4, 0.5) is 0 Å². The van der Waals surface area contributed by atoms with Gasteiger partial charge < -0.3 is 5.32 Å². The Kier molecular flexibility index (Phi) is 5.87. The topological polar surface area (TPSA) is 49.4 Å². The summed E-state index contributed by atoms with van der Waals surface area (Å²) in [6.45, 7) is 7.86. The number of hydrogen-bond acceptors (Lipinski definition) is 3. The van der Waals surface area contributed by atoms with Gasteiger partial charge in [-0.3, -0.25) is 0 Å². The number of nitrogens with zero attached hydrogens (tertiary/aromatic N) is 1. The maximum absolute atomic E-state index is 12.6. The molecule has 1 N–H and O–H groups in total. The lowest BCUT2D eigenvalue weighted by atomic mass is 9.89. The first-order valence-electron chi connectivity index (χ1n) is 8.17. The van der Waals surface area contributed by atoms with E-state index in [1.807, 2.05) is 0 Å². The number of hydrogen-bond donors (Lipinski definition) is 1. The summed E-state index contributed by atoms with van der Waals surface area (Å²) >= 11 is 0. The zero-order chi connectivity index (χ0) is 14.6. The fraction of sp³-hybridized carbons (Fsp3) is 1.00. The summed E-state index contributed by atoms with van der Waals surface area (Å²) in [5.74, 6) is 2.00. The van der Waals surface area contributed by atoms with Crippen molar-refractivity contribution >= 4 is 10.0 Å². The molecule has 0 radical (unpaired) electrons. The van der Waals surface area contributed by atoms with E-state index in [0.717, 1.165) is 51.9 Å². The van der Waals surface area contributed by atoms with Crippen molar-refractivity contribution in [3.05, 3.63) is 0 Å². The Hall–Kier alpha value is -0.130. The zero-order valence-electron chi connectivity index (χ0n) is 13.0. The van der Waals surface area contributed by atoms with E-state index in [2.05, 4.69) is 19.2 Å². The second-order valence-corrected chi connectivity index (χ2v) is 8.84. The largest absolute Gasteiger partial charge is 0.316 e. The molecule has 2 unspecified atom stereocenters.